The maximum Gasteiger partial charge on any atom is 0.255 e. The number of benzene rings is 1. The Bertz CT molecular complexity index is 387. The van der Waals surface area contributed by atoms with E-state index in [1.807, 2.05) is 6.07 Å². The molecular formula is C13H18BrNO4. The molecule has 19 heavy (non-hydrogen) atoms. The molecule has 1 amide bonds. The summed E-state index contributed by atoms with van der Waals surface area (Å²) < 4.78 is 10.5. The second kappa shape index (κ2) is 9.77. The van der Waals surface area contributed by atoms with Crippen LogP contribution in [0.4, 0.5) is 0 Å². The van der Waals surface area contributed by atoms with Gasteiger partial charge in [0, 0.05) is 11.9 Å². The minimum Gasteiger partial charge on any atom is -0.492 e. The summed E-state index contributed by atoms with van der Waals surface area (Å²) in [5.74, 6) is 0.369. The highest BCUT2D eigenvalue weighted by Gasteiger charge is 2.11. The van der Waals surface area contributed by atoms with Gasteiger partial charge in [-0.25, -0.2) is 0 Å². The minimum atomic E-state index is -0.197. The van der Waals surface area contributed by atoms with Crippen molar-refractivity contribution in [3.8, 4) is 5.75 Å². The summed E-state index contributed by atoms with van der Waals surface area (Å²) in [5.41, 5.74) is 0.505. The van der Waals surface area contributed by atoms with Crippen molar-refractivity contribution in [2.75, 3.05) is 38.3 Å². The molecule has 0 atom stereocenters. The van der Waals surface area contributed by atoms with Crippen molar-refractivity contribution in [3.05, 3.63) is 29.8 Å². The molecule has 0 aromatic heterocycles. The molecule has 6 heteroatoms. The SMILES string of the molecule is O=C(NCCOCCO)c1ccccc1OCCBr. The predicted octanol–water partition coefficient (Wildman–Crippen LogP) is 1.20. The highest BCUT2D eigenvalue weighted by molar-refractivity contribution is 9.09. The first-order valence-corrected chi connectivity index (χ1v) is 7.16. The number of nitrogens with one attached hydrogen (secondary N) is 1. The van der Waals surface area contributed by atoms with Crippen molar-refractivity contribution in [2.24, 2.45) is 0 Å². The number of aliphatic hydroxyl groups is 1. The van der Waals surface area contributed by atoms with Gasteiger partial charge in [0.2, 0.25) is 0 Å². The quantitative estimate of drug-likeness (QED) is 0.527. The van der Waals surface area contributed by atoms with E-state index in [0.717, 1.165) is 0 Å². The second-order valence-electron chi connectivity index (χ2n) is 3.63. The van der Waals surface area contributed by atoms with Crippen LogP contribution in [-0.4, -0.2) is 49.3 Å². The fraction of sp³-hybridized carbons (Fsp3) is 0.462. The molecule has 0 unspecified atom stereocenters. The Kier molecular flexibility index (Phi) is 8.20. The highest BCUT2D eigenvalue weighted by Crippen LogP contribution is 2.17. The summed E-state index contributed by atoms with van der Waals surface area (Å²) in [5, 5.41) is 12.0. The van der Waals surface area contributed by atoms with E-state index in [-0.39, 0.29) is 19.1 Å². The van der Waals surface area contributed by atoms with Crippen molar-refractivity contribution in [1.82, 2.24) is 5.32 Å². The Morgan fingerprint density at radius 3 is 2.79 bits per heavy atom. The number of hydrogen-bond acceptors (Lipinski definition) is 4. The zero-order chi connectivity index (χ0) is 13.9. The summed E-state index contributed by atoms with van der Waals surface area (Å²) in [6.45, 7) is 1.53. The number of ether oxygens (including phenoxy) is 2. The van der Waals surface area contributed by atoms with E-state index in [9.17, 15) is 4.79 Å². The number of carbonyl (C=O) groups excluding carboxylic acids is 1. The topological polar surface area (TPSA) is 67.8 Å². The highest BCUT2D eigenvalue weighted by atomic mass is 79.9. The van der Waals surface area contributed by atoms with Crippen molar-refractivity contribution in [1.29, 1.82) is 0 Å². The van der Waals surface area contributed by atoms with E-state index in [4.69, 9.17) is 14.6 Å². The Hall–Kier alpha value is -1.11. The van der Waals surface area contributed by atoms with Crippen LogP contribution in [0.1, 0.15) is 10.4 Å². The summed E-state index contributed by atoms with van der Waals surface area (Å²) in [4.78, 5) is 12.0. The molecule has 1 aromatic carbocycles. The van der Waals surface area contributed by atoms with Gasteiger partial charge in [-0.05, 0) is 12.1 Å². The van der Waals surface area contributed by atoms with E-state index in [1.165, 1.54) is 0 Å². The number of rotatable bonds is 9. The molecule has 0 heterocycles. The third kappa shape index (κ3) is 6.04. The molecule has 0 radical (unpaired) electrons. The number of aliphatic hydroxyl groups excluding tert-OH is 1. The maximum atomic E-state index is 12.0. The summed E-state index contributed by atoms with van der Waals surface area (Å²) in [7, 11) is 0. The predicted molar refractivity (Wildman–Crippen MR) is 76.0 cm³/mol. The van der Waals surface area contributed by atoms with Crippen LogP contribution in [0.15, 0.2) is 24.3 Å². The Morgan fingerprint density at radius 1 is 1.26 bits per heavy atom. The molecule has 0 spiro atoms. The van der Waals surface area contributed by atoms with Crippen LogP contribution in [0.25, 0.3) is 0 Å². The standard InChI is InChI=1S/C13H18BrNO4/c14-5-8-19-12-4-2-1-3-11(12)13(17)15-6-9-18-10-7-16/h1-4,16H,5-10H2,(H,15,17). The van der Waals surface area contributed by atoms with Gasteiger partial charge in [0.15, 0.2) is 0 Å². The molecule has 0 aliphatic heterocycles. The molecule has 2 N–H and O–H groups in total. The molecule has 1 aromatic rings. The van der Waals surface area contributed by atoms with Gasteiger partial charge in [0.05, 0.1) is 32.0 Å². The monoisotopic (exact) mass is 331 g/mol. The molecule has 1 rings (SSSR count). The van der Waals surface area contributed by atoms with Crippen molar-refractivity contribution in [3.63, 3.8) is 0 Å². The minimum absolute atomic E-state index is 0.0167. The first-order chi connectivity index (χ1) is 9.29. The lowest BCUT2D eigenvalue weighted by atomic mass is 10.2. The van der Waals surface area contributed by atoms with E-state index in [0.29, 0.717) is 36.4 Å². The Morgan fingerprint density at radius 2 is 2.05 bits per heavy atom. The zero-order valence-electron chi connectivity index (χ0n) is 10.6. The first-order valence-electron chi connectivity index (χ1n) is 6.04. The number of alkyl halides is 1. The van der Waals surface area contributed by atoms with Gasteiger partial charge < -0.3 is 19.9 Å². The van der Waals surface area contributed by atoms with E-state index >= 15 is 0 Å². The molecular weight excluding hydrogens is 314 g/mol. The van der Waals surface area contributed by atoms with Crippen LogP contribution in [0.2, 0.25) is 0 Å². The maximum absolute atomic E-state index is 12.0. The average molecular weight is 332 g/mol. The van der Waals surface area contributed by atoms with Crippen LogP contribution in [0.3, 0.4) is 0 Å². The number of amides is 1. The third-order valence-corrected chi connectivity index (χ3v) is 2.56. The van der Waals surface area contributed by atoms with Gasteiger partial charge in [-0.15, -0.1) is 0 Å². The zero-order valence-corrected chi connectivity index (χ0v) is 12.2. The molecule has 0 aliphatic rings. The van der Waals surface area contributed by atoms with Crippen molar-refractivity contribution in [2.45, 2.75) is 0 Å². The number of halogens is 1. The van der Waals surface area contributed by atoms with Gasteiger partial charge in [0.1, 0.15) is 5.75 Å². The van der Waals surface area contributed by atoms with Crippen LogP contribution >= 0.6 is 15.9 Å². The van der Waals surface area contributed by atoms with Gasteiger partial charge >= 0.3 is 0 Å². The fourth-order valence-corrected chi connectivity index (χ4v) is 1.59. The summed E-state index contributed by atoms with van der Waals surface area (Å²) in [6.07, 6.45) is 0. The number of carbonyl (C=O) groups is 1. The normalized spacial score (nSPS) is 10.2. The first kappa shape index (κ1) is 15.9. The summed E-state index contributed by atoms with van der Waals surface area (Å²) in [6, 6.07) is 7.09. The smallest absolute Gasteiger partial charge is 0.255 e. The average Bonchev–Trinajstić information content (AvgIpc) is 2.45. The molecule has 0 fully saturated rings. The van der Waals surface area contributed by atoms with Gasteiger partial charge in [-0.3, -0.25) is 4.79 Å². The number of para-hydroxylation sites is 1. The van der Waals surface area contributed by atoms with Gasteiger partial charge in [-0.2, -0.15) is 0 Å². The molecule has 5 nitrogen and oxygen atoms in total. The third-order valence-electron chi connectivity index (χ3n) is 2.23. The van der Waals surface area contributed by atoms with E-state index in [1.54, 1.807) is 18.2 Å². The van der Waals surface area contributed by atoms with Crippen LogP contribution in [-0.2, 0) is 4.74 Å². The van der Waals surface area contributed by atoms with E-state index < -0.39 is 0 Å². The Balaban J connectivity index is 2.46. The van der Waals surface area contributed by atoms with Crippen molar-refractivity contribution < 1.29 is 19.4 Å². The molecule has 0 saturated carbocycles. The van der Waals surface area contributed by atoms with Crippen molar-refractivity contribution >= 4 is 21.8 Å². The van der Waals surface area contributed by atoms with Gasteiger partial charge in [-0.1, -0.05) is 28.1 Å². The molecule has 0 bridgehead atoms. The fourth-order valence-electron chi connectivity index (χ4n) is 1.43. The van der Waals surface area contributed by atoms with Crippen LogP contribution < -0.4 is 10.1 Å². The van der Waals surface area contributed by atoms with E-state index in [2.05, 4.69) is 21.2 Å². The molecule has 0 saturated heterocycles. The Labute approximate surface area is 121 Å². The van der Waals surface area contributed by atoms with Crippen LogP contribution in [0, 0.1) is 0 Å². The van der Waals surface area contributed by atoms with Gasteiger partial charge in [0.25, 0.3) is 5.91 Å². The van der Waals surface area contributed by atoms with Crippen LogP contribution in [0.5, 0.6) is 5.75 Å². The molecule has 106 valence electrons. The summed E-state index contributed by atoms with van der Waals surface area (Å²) >= 11 is 3.27. The second-order valence-corrected chi connectivity index (χ2v) is 4.42. The largest absolute Gasteiger partial charge is 0.492 e. The lowest BCUT2D eigenvalue weighted by Crippen LogP contribution is -2.28. The lowest BCUT2D eigenvalue weighted by molar-refractivity contribution is 0.0836. The number of hydrogen-bond donors (Lipinski definition) is 2. The lowest BCUT2D eigenvalue weighted by Gasteiger charge is -2.10. The molecule has 0 aliphatic carbocycles.